The number of rotatable bonds is 4. The third kappa shape index (κ3) is 5.46. The van der Waals surface area contributed by atoms with Crippen LogP contribution in [0.15, 0.2) is 60.7 Å². The smallest absolute Gasteiger partial charge is 0.293 e. The van der Waals surface area contributed by atoms with Crippen molar-refractivity contribution >= 4 is 18.5 Å². The summed E-state index contributed by atoms with van der Waals surface area (Å²) < 4.78 is 0. The fourth-order valence-corrected chi connectivity index (χ4v) is 4.34. The fraction of sp³-hybridized carbons (Fsp3) is 0.278. The Labute approximate surface area is 136 Å². The summed E-state index contributed by atoms with van der Waals surface area (Å²) in [5.41, 5.74) is 0.351. The molecule has 0 aromatic heterocycles. The van der Waals surface area contributed by atoms with Crippen LogP contribution < -0.4 is 29.5 Å². The molecule has 0 radical (unpaired) electrons. The van der Waals surface area contributed by atoms with E-state index in [0.29, 0.717) is 5.41 Å². The molecule has 0 nitrogen and oxygen atoms in total. The van der Waals surface area contributed by atoms with Crippen molar-refractivity contribution in [1.82, 2.24) is 0 Å². The Kier molecular flexibility index (Phi) is 7.05. The standard InChI is InChI=1S/C18H22P.Li/c1-18(2,3)14-15-19(16-10-6-4-7-11-16)17-12-8-5-9-13-17;/h4-13,15H,14H2,1-3H3;/q-1;+1. The first-order valence-electron chi connectivity index (χ1n) is 6.79. The zero-order valence-electron chi connectivity index (χ0n) is 13.0. The number of hydrogen-bond acceptors (Lipinski definition) is 0. The Morgan fingerprint density at radius 3 is 1.55 bits per heavy atom. The van der Waals surface area contributed by atoms with Crippen LogP contribution in [0.4, 0.5) is 0 Å². The van der Waals surface area contributed by atoms with Gasteiger partial charge in [0.2, 0.25) is 0 Å². The van der Waals surface area contributed by atoms with Gasteiger partial charge in [-0.3, -0.25) is 6.16 Å². The third-order valence-corrected chi connectivity index (χ3v) is 5.21. The summed E-state index contributed by atoms with van der Waals surface area (Å²) in [6.07, 6.45) is 3.66. The van der Waals surface area contributed by atoms with Crippen LogP contribution in [0.3, 0.4) is 0 Å². The molecule has 0 fully saturated rings. The van der Waals surface area contributed by atoms with Crippen LogP contribution in [0.5, 0.6) is 0 Å². The molecule has 0 saturated carbocycles. The third-order valence-electron chi connectivity index (χ3n) is 2.95. The minimum atomic E-state index is -0.340. The van der Waals surface area contributed by atoms with Crippen LogP contribution in [0.1, 0.15) is 27.2 Å². The van der Waals surface area contributed by atoms with E-state index in [9.17, 15) is 0 Å². The second-order valence-corrected chi connectivity index (χ2v) is 8.13. The molecule has 0 aliphatic rings. The molecule has 0 amide bonds. The maximum Gasteiger partial charge on any atom is 1.00 e. The molecule has 0 unspecified atom stereocenters. The maximum atomic E-state index is 2.51. The van der Waals surface area contributed by atoms with E-state index in [1.165, 1.54) is 10.6 Å². The Bertz CT molecular complexity index is 448. The van der Waals surface area contributed by atoms with E-state index < -0.39 is 0 Å². The van der Waals surface area contributed by atoms with Gasteiger partial charge in [0.05, 0.1) is 0 Å². The topological polar surface area (TPSA) is 0 Å². The molecule has 0 aliphatic heterocycles. The van der Waals surface area contributed by atoms with Crippen molar-refractivity contribution in [2.75, 3.05) is 0 Å². The molecule has 0 N–H and O–H groups in total. The van der Waals surface area contributed by atoms with Crippen molar-refractivity contribution in [3.8, 4) is 0 Å². The SMILES string of the molecule is CC(C)(C)C[CH-]P(c1ccccc1)c1ccccc1.[Li+]. The van der Waals surface area contributed by atoms with Gasteiger partial charge >= 0.3 is 18.9 Å². The van der Waals surface area contributed by atoms with Crippen LogP contribution >= 0.6 is 7.92 Å². The van der Waals surface area contributed by atoms with Crippen molar-refractivity contribution in [2.24, 2.45) is 5.41 Å². The molecular formula is C18H22LiP. The summed E-state index contributed by atoms with van der Waals surface area (Å²) in [5.74, 6) is 0. The zero-order valence-corrected chi connectivity index (χ0v) is 13.9. The molecule has 2 heteroatoms. The quantitative estimate of drug-likeness (QED) is 0.453. The van der Waals surface area contributed by atoms with Gasteiger partial charge in [0, 0.05) is 0 Å². The van der Waals surface area contributed by atoms with Crippen molar-refractivity contribution in [1.29, 1.82) is 0 Å². The molecule has 0 bridgehead atoms. The summed E-state index contributed by atoms with van der Waals surface area (Å²) >= 11 is 0. The van der Waals surface area contributed by atoms with Gasteiger partial charge in [-0.2, -0.15) is 6.42 Å². The molecule has 2 rings (SSSR count). The van der Waals surface area contributed by atoms with E-state index in [2.05, 4.69) is 87.6 Å². The first-order chi connectivity index (χ1) is 9.06. The van der Waals surface area contributed by atoms with Gasteiger partial charge in [-0.25, -0.2) is 7.92 Å². The van der Waals surface area contributed by atoms with Gasteiger partial charge in [0.25, 0.3) is 0 Å². The van der Waals surface area contributed by atoms with Gasteiger partial charge < -0.3 is 0 Å². The van der Waals surface area contributed by atoms with E-state index in [4.69, 9.17) is 0 Å². The van der Waals surface area contributed by atoms with Gasteiger partial charge in [0.15, 0.2) is 0 Å². The predicted molar refractivity (Wildman–Crippen MR) is 87.4 cm³/mol. The van der Waals surface area contributed by atoms with Crippen LogP contribution in [-0.4, -0.2) is 0 Å². The first kappa shape index (κ1) is 17.5. The van der Waals surface area contributed by atoms with Crippen molar-refractivity contribution in [2.45, 2.75) is 27.2 Å². The van der Waals surface area contributed by atoms with Gasteiger partial charge in [-0.15, -0.1) is 0 Å². The minimum absolute atomic E-state index is 0. The minimum Gasteiger partial charge on any atom is -0.293 e. The van der Waals surface area contributed by atoms with Crippen molar-refractivity contribution < 1.29 is 18.9 Å². The largest absolute Gasteiger partial charge is 1.00 e. The van der Waals surface area contributed by atoms with Crippen molar-refractivity contribution in [3.05, 3.63) is 66.8 Å². The van der Waals surface area contributed by atoms with Crippen LogP contribution in [-0.2, 0) is 0 Å². The average molecular weight is 276 g/mol. The number of hydrogen-bond donors (Lipinski definition) is 0. The summed E-state index contributed by atoms with van der Waals surface area (Å²) in [6, 6.07) is 21.7. The first-order valence-corrected chi connectivity index (χ1v) is 8.20. The molecule has 0 saturated heterocycles. The maximum absolute atomic E-state index is 2.51. The summed E-state index contributed by atoms with van der Waals surface area (Å²) in [6.45, 7) is 6.90. The molecule has 0 spiro atoms. The van der Waals surface area contributed by atoms with E-state index in [0.717, 1.165) is 6.42 Å². The van der Waals surface area contributed by atoms with Gasteiger partial charge in [0.1, 0.15) is 0 Å². The molecule has 20 heavy (non-hydrogen) atoms. The summed E-state index contributed by atoms with van der Waals surface area (Å²) in [7, 11) is -0.340. The van der Waals surface area contributed by atoms with Crippen LogP contribution in [0.2, 0.25) is 0 Å². The Hall–Kier alpha value is -0.533. The normalized spacial score (nSPS) is 11.2. The molecular weight excluding hydrogens is 254 g/mol. The van der Waals surface area contributed by atoms with Crippen LogP contribution in [0.25, 0.3) is 0 Å². The van der Waals surface area contributed by atoms with Crippen LogP contribution in [0, 0.1) is 11.6 Å². The molecule has 2 aromatic carbocycles. The molecule has 0 atom stereocenters. The van der Waals surface area contributed by atoms with E-state index in [1.54, 1.807) is 0 Å². The average Bonchev–Trinajstić information content (AvgIpc) is 2.40. The Morgan fingerprint density at radius 2 is 1.20 bits per heavy atom. The Morgan fingerprint density at radius 1 is 0.800 bits per heavy atom. The summed E-state index contributed by atoms with van der Waals surface area (Å²) in [4.78, 5) is 0. The predicted octanol–water partition coefficient (Wildman–Crippen LogP) is 1.72. The molecule has 100 valence electrons. The second kappa shape index (κ2) is 8.04. The van der Waals surface area contributed by atoms with E-state index >= 15 is 0 Å². The zero-order chi connectivity index (χ0) is 13.7. The van der Waals surface area contributed by atoms with Gasteiger partial charge in [-0.05, 0) is 0 Å². The fourth-order valence-electron chi connectivity index (χ4n) is 1.90. The van der Waals surface area contributed by atoms with Gasteiger partial charge in [-0.1, -0.05) is 97.5 Å². The van der Waals surface area contributed by atoms with E-state index in [-0.39, 0.29) is 26.8 Å². The Balaban J connectivity index is 0.00000200. The molecule has 0 aliphatic carbocycles. The van der Waals surface area contributed by atoms with E-state index in [1.807, 2.05) is 0 Å². The number of benzene rings is 2. The monoisotopic (exact) mass is 276 g/mol. The second-order valence-electron chi connectivity index (χ2n) is 5.99. The molecule has 2 aromatic rings. The molecule has 0 heterocycles. The summed E-state index contributed by atoms with van der Waals surface area (Å²) in [5, 5.41) is 2.88. The van der Waals surface area contributed by atoms with Crippen molar-refractivity contribution in [3.63, 3.8) is 0 Å².